The van der Waals surface area contributed by atoms with E-state index in [1.165, 1.54) is 16.1 Å². The molecular weight excluding hydrogens is 226 g/mol. The van der Waals surface area contributed by atoms with E-state index in [-0.39, 0.29) is 0 Å². The molecule has 2 heteroatoms. The number of anilines is 1. The zero-order valence-electron chi connectivity index (χ0n) is 9.67. The topological polar surface area (TPSA) is 3.24 Å². The Hall–Kier alpha value is -1.54. The average molecular weight is 241 g/mol. The lowest BCUT2D eigenvalue weighted by Crippen LogP contribution is -2.27. The van der Waals surface area contributed by atoms with Gasteiger partial charge in [0.15, 0.2) is 0 Å². The molecule has 0 fully saturated rings. The minimum Gasteiger partial charge on any atom is -0.359 e. The monoisotopic (exact) mass is 241 g/mol. The van der Waals surface area contributed by atoms with Gasteiger partial charge in [0.1, 0.15) is 0 Å². The van der Waals surface area contributed by atoms with Crippen molar-refractivity contribution in [1.82, 2.24) is 0 Å². The van der Waals surface area contributed by atoms with Crippen molar-refractivity contribution < 1.29 is 0 Å². The van der Waals surface area contributed by atoms with Crippen LogP contribution in [0.5, 0.6) is 0 Å². The Morgan fingerprint density at radius 2 is 1.88 bits per heavy atom. The van der Waals surface area contributed by atoms with Crippen molar-refractivity contribution in [2.45, 2.75) is 6.42 Å². The van der Waals surface area contributed by atoms with Gasteiger partial charge in [-0.15, -0.1) is 11.3 Å². The van der Waals surface area contributed by atoms with Gasteiger partial charge in [-0.3, -0.25) is 0 Å². The van der Waals surface area contributed by atoms with E-state index in [1.807, 2.05) is 11.3 Å². The molecule has 0 saturated carbocycles. The molecule has 0 atom stereocenters. The van der Waals surface area contributed by atoms with Crippen LogP contribution in [0.1, 0.15) is 12.0 Å². The highest BCUT2D eigenvalue weighted by molar-refractivity contribution is 7.14. The smallest absolute Gasteiger partial charge is 0.0911 e. The molecule has 0 bridgehead atoms. The Bertz CT molecular complexity index is 499. The molecule has 2 heterocycles. The molecule has 1 aliphatic rings. The molecule has 0 amide bonds. The number of benzene rings is 1. The van der Waals surface area contributed by atoms with Gasteiger partial charge in [-0.1, -0.05) is 36.4 Å². The van der Waals surface area contributed by atoms with Crippen molar-refractivity contribution in [1.29, 1.82) is 0 Å². The first-order valence-corrected chi connectivity index (χ1v) is 6.84. The standard InChI is InChI=1S/C15H15NS/c1-2-5-13(6-3-1)14-8-10-16(11-9-14)15-7-4-12-17-15/h1-8,12H,9-11H2. The van der Waals surface area contributed by atoms with Gasteiger partial charge in [0.05, 0.1) is 5.00 Å². The van der Waals surface area contributed by atoms with E-state index in [9.17, 15) is 0 Å². The lowest BCUT2D eigenvalue weighted by Gasteiger charge is -2.27. The van der Waals surface area contributed by atoms with E-state index in [0.29, 0.717) is 0 Å². The molecule has 1 aromatic carbocycles. The molecule has 17 heavy (non-hydrogen) atoms. The Balaban J connectivity index is 1.76. The molecule has 2 aromatic rings. The second-order valence-corrected chi connectivity index (χ2v) is 5.17. The van der Waals surface area contributed by atoms with Crippen LogP contribution in [0.25, 0.3) is 5.57 Å². The van der Waals surface area contributed by atoms with Crippen molar-refractivity contribution in [2.24, 2.45) is 0 Å². The van der Waals surface area contributed by atoms with E-state index in [4.69, 9.17) is 0 Å². The highest BCUT2D eigenvalue weighted by atomic mass is 32.1. The van der Waals surface area contributed by atoms with E-state index < -0.39 is 0 Å². The summed E-state index contributed by atoms with van der Waals surface area (Å²) in [6.07, 6.45) is 3.50. The average Bonchev–Trinajstić information content (AvgIpc) is 2.94. The Morgan fingerprint density at radius 3 is 2.53 bits per heavy atom. The zero-order valence-corrected chi connectivity index (χ0v) is 10.5. The third kappa shape index (κ3) is 2.27. The molecule has 0 saturated heterocycles. The first-order chi connectivity index (χ1) is 8.43. The fourth-order valence-electron chi connectivity index (χ4n) is 2.23. The van der Waals surface area contributed by atoms with E-state index >= 15 is 0 Å². The highest BCUT2D eigenvalue weighted by Crippen LogP contribution is 2.27. The molecular formula is C15H15NS. The number of hydrogen-bond acceptors (Lipinski definition) is 2. The van der Waals surface area contributed by atoms with Gasteiger partial charge in [-0.2, -0.15) is 0 Å². The second kappa shape index (κ2) is 4.76. The van der Waals surface area contributed by atoms with Crippen LogP contribution in [0.4, 0.5) is 5.00 Å². The summed E-state index contributed by atoms with van der Waals surface area (Å²) in [4.78, 5) is 2.44. The van der Waals surface area contributed by atoms with Crippen LogP contribution in [0, 0.1) is 0 Å². The van der Waals surface area contributed by atoms with Crippen molar-refractivity contribution in [2.75, 3.05) is 18.0 Å². The fourth-order valence-corrected chi connectivity index (χ4v) is 3.00. The minimum atomic E-state index is 1.03. The molecule has 0 spiro atoms. The van der Waals surface area contributed by atoms with Crippen molar-refractivity contribution in [3.63, 3.8) is 0 Å². The Morgan fingerprint density at radius 1 is 1.00 bits per heavy atom. The quantitative estimate of drug-likeness (QED) is 0.767. The van der Waals surface area contributed by atoms with Gasteiger partial charge in [-0.05, 0) is 35.1 Å². The summed E-state index contributed by atoms with van der Waals surface area (Å²) in [7, 11) is 0. The maximum Gasteiger partial charge on any atom is 0.0911 e. The summed E-state index contributed by atoms with van der Waals surface area (Å²) < 4.78 is 0. The van der Waals surface area contributed by atoms with Gasteiger partial charge >= 0.3 is 0 Å². The van der Waals surface area contributed by atoms with E-state index in [1.54, 1.807) is 0 Å². The molecule has 1 aliphatic heterocycles. The van der Waals surface area contributed by atoms with Crippen LogP contribution in [-0.2, 0) is 0 Å². The molecule has 0 N–H and O–H groups in total. The Labute approximate surface area is 106 Å². The molecule has 86 valence electrons. The molecule has 0 unspecified atom stereocenters. The molecule has 1 aromatic heterocycles. The molecule has 1 nitrogen and oxygen atoms in total. The summed E-state index contributed by atoms with van der Waals surface area (Å²) in [5, 5.41) is 3.53. The number of rotatable bonds is 2. The van der Waals surface area contributed by atoms with Gasteiger partial charge < -0.3 is 4.90 Å². The zero-order chi connectivity index (χ0) is 11.5. The van der Waals surface area contributed by atoms with Gasteiger partial charge in [0.25, 0.3) is 0 Å². The van der Waals surface area contributed by atoms with Gasteiger partial charge in [0.2, 0.25) is 0 Å². The first kappa shape index (κ1) is 10.6. The SMILES string of the molecule is C1=C(c2ccccc2)CCN(c2cccs2)C1. The Kier molecular flexibility index (Phi) is 2.97. The van der Waals surface area contributed by atoms with Crippen LogP contribution in [-0.4, -0.2) is 13.1 Å². The predicted molar refractivity (Wildman–Crippen MR) is 75.6 cm³/mol. The van der Waals surface area contributed by atoms with Crippen LogP contribution < -0.4 is 4.90 Å². The third-order valence-electron chi connectivity index (χ3n) is 3.17. The number of hydrogen-bond donors (Lipinski definition) is 0. The molecule has 3 rings (SSSR count). The minimum absolute atomic E-state index is 1.03. The van der Waals surface area contributed by atoms with E-state index in [2.05, 4.69) is 58.8 Å². The lowest BCUT2D eigenvalue weighted by molar-refractivity contribution is 0.841. The summed E-state index contributed by atoms with van der Waals surface area (Å²) >= 11 is 1.82. The van der Waals surface area contributed by atoms with Crippen LogP contribution in [0.3, 0.4) is 0 Å². The van der Waals surface area contributed by atoms with E-state index in [0.717, 1.165) is 19.5 Å². The summed E-state index contributed by atoms with van der Waals surface area (Å²) in [5.74, 6) is 0. The third-order valence-corrected chi connectivity index (χ3v) is 4.10. The van der Waals surface area contributed by atoms with Crippen molar-refractivity contribution in [3.05, 3.63) is 59.5 Å². The summed E-state index contributed by atoms with van der Waals surface area (Å²) in [5.41, 5.74) is 2.86. The first-order valence-electron chi connectivity index (χ1n) is 5.96. The highest BCUT2D eigenvalue weighted by Gasteiger charge is 2.13. The van der Waals surface area contributed by atoms with Crippen LogP contribution >= 0.6 is 11.3 Å². The lowest BCUT2D eigenvalue weighted by atomic mass is 10.00. The van der Waals surface area contributed by atoms with Crippen molar-refractivity contribution in [3.8, 4) is 0 Å². The number of nitrogens with zero attached hydrogens (tertiary/aromatic N) is 1. The predicted octanol–water partition coefficient (Wildman–Crippen LogP) is 4.04. The van der Waals surface area contributed by atoms with Gasteiger partial charge in [-0.25, -0.2) is 0 Å². The summed E-state index contributed by atoms with van der Waals surface area (Å²) in [6, 6.07) is 15.0. The fraction of sp³-hybridized carbons (Fsp3) is 0.200. The van der Waals surface area contributed by atoms with Crippen LogP contribution in [0.15, 0.2) is 53.9 Å². The number of thiophene rings is 1. The van der Waals surface area contributed by atoms with Crippen molar-refractivity contribution >= 4 is 21.9 Å². The van der Waals surface area contributed by atoms with Gasteiger partial charge in [0, 0.05) is 13.1 Å². The van der Waals surface area contributed by atoms with Crippen LogP contribution in [0.2, 0.25) is 0 Å². The maximum atomic E-state index is 2.44. The molecule has 0 radical (unpaired) electrons. The molecule has 0 aliphatic carbocycles. The second-order valence-electron chi connectivity index (χ2n) is 4.24. The largest absolute Gasteiger partial charge is 0.359 e. The maximum absolute atomic E-state index is 2.44. The summed E-state index contributed by atoms with van der Waals surface area (Å²) in [6.45, 7) is 2.16. The normalized spacial score (nSPS) is 15.8.